The Morgan fingerprint density at radius 2 is 1.81 bits per heavy atom. The molecule has 5 heteroatoms. The summed E-state index contributed by atoms with van der Waals surface area (Å²) in [7, 11) is 2.00. The van der Waals surface area contributed by atoms with E-state index in [-0.39, 0.29) is 5.56 Å². The van der Waals surface area contributed by atoms with Gasteiger partial charge in [0, 0.05) is 20.1 Å². The highest BCUT2D eigenvalue weighted by Crippen LogP contribution is 2.37. The first kappa shape index (κ1) is 13.4. The summed E-state index contributed by atoms with van der Waals surface area (Å²) in [6.07, 6.45) is 0. The minimum atomic E-state index is -1.13. The molecule has 21 heavy (non-hydrogen) atoms. The van der Waals surface area contributed by atoms with Crippen LogP contribution >= 0.6 is 0 Å². The first-order valence-electron chi connectivity index (χ1n) is 6.68. The molecule has 2 aromatic carbocycles. The van der Waals surface area contributed by atoms with Gasteiger partial charge in [-0.1, -0.05) is 12.1 Å². The molecule has 0 spiro atoms. The molecule has 1 heterocycles. The van der Waals surface area contributed by atoms with Crippen LogP contribution < -0.4 is 9.80 Å². The number of hydrogen-bond donors (Lipinski definition) is 1. The number of carbonyl (C=O) groups is 1. The van der Waals surface area contributed by atoms with Gasteiger partial charge < -0.3 is 14.9 Å². The van der Waals surface area contributed by atoms with Crippen LogP contribution in [0.2, 0.25) is 0 Å². The van der Waals surface area contributed by atoms with Crippen LogP contribution in [0.3, 0.4) is 0 Å². The molecule has 108 valence electrons. The molecule has 0 bridgehead atoms. The zero-order chi connectivity index (χ0) is 15.0. The fraction of sp³-hybridized carbons (Fsp3) is 0.188. The number of halogens is 1. The molecule has 2 aromatic rings. The van der Waals surface area contributed by atoms with E-state index in [9.17, 15) is 9.18 Å². The lowest BCUT2D eigenvalue weighted by atomic mass is 10.1. The number of anilines is 3. The van der Waals surface area contributed by atoms with E-state index in [1.807, 2.05) is 36.2 Å². The van der Waals surface area contributed by atoms with Crippen LogP contribution in [-0.4, -0.2) is 31.2 Å². The summed E-state index contributed by atoms with van der Waals surface area (Å²) in [5.41, 5.74) is 2.32. The fourth-order valence-corrected chi connectivity index (χ4v) is 2.62. The van der Waals surface area contributed by atoms with Gasteiger partial charge in [0.2, 0.25) is 0 Å². The Morgan fingerprint density at radius 1 is 1.10 bits per heavy atom. The van der Waals surface area contributed by atoms with Crippen LogP contribution in [0.25, 0.3) is 0 Å². The molecular weight excluding hydrogens is 271 g/mol. The number of likely N-dealkylation sites (N-methyl/N-ethyl adjacent to an activating group) is 1. The van der Waals surface area contributed by atoms with Crippen molar-refractivity contribution in [1.82, 2.24) is 0 Å². The number of fused-ring (bicyclic) bond motifs is 1. The maximum Gasteiger partial charge on any atom is 0.335 e. The molecular formula is C16H15FN2O2. The van der Waals surface area contributed by atoms with E-state index >= 15 is 0 Å². The number of para-hydroxylation sites is 2. The number of nitrogens with zero attached hydrogens (tertiary/aromatic N) is 2. The lowest BCUT2D eigenvalue weighted by molar-refractivity contribution is 0.0696. The molecule has 0 aliphatic carbocycles. The van der Waals surface area contributed by atoms with E-state index in [0.29, 0.717) is 12.2 Å². The Hall–Kier alpha value is -2.56. The van der Waals surface area contributed by atoms with Gasteiger partial charge in [0.05, 0.1) is 22.6 Å². The summed E-state index contributed by atoms with van der Waals surface area (Å²) in [4.78, 5) is 14.9. The van der Waals surface area contributed by atoms with Crippen LogP contribution in [0.4, 0.5) is 21.5 Å². The second kappa shape index (κ2) is 5.09. The monoisotopic (exact) mass is 286 g/mol. The van der Waals surface area contributed by atoms with E-state index in [4.69, 9.17) is 5.11 Å². The van der Waals surface area contributed by atoms with Crippen molar-refractivity contribution in [2.24, 2.45) is 0 Å². The van der Waals surface area contributed by atoms with Crippen molar-refractivity contribution in [2.75, 3.05) is 29.9 Å². The third-order valence-corrected chi connectivity index (χ3v) is 3.73. The van der Waals surface area contributed by atoms with Crippen LogP contribution in [0.1, 0.15) is 10.4 Å². The van der Waals surface area contributed by atoms with Gasteiger partial charge in [-0.3, -0.25) is 0 Å². The Labute approximate surface area is 122 Å². The molecule has 4 nitrogen and oxygen atoms in total. The maximum absolute atomic E-state index is 14.3. The third-order valence-electron chi connectivity index (χ3n) is 3.73. The molecule has 0 unspecified atom stereocenters. The lowest BCUT2D eigenvalue weighted by Crippen LogP contribution is -2.36. The summed E-state index contributed by atoms with van der Waals surface area (Å²) in [6, 6.07) is 11.8. The number of carboxylic acids is 1. The molecule has 0 saturated heterocycles. The average molecular weight is 286 g/mol. The zero-order valence-corrected chi connectivity index (χ0v) is 11.6. The first-order valence-corrected chi connectivity index (χ1v) is 6.68. The minimum absolute atomic E-state index is 0.0429. The SMILES string of the molecule is CN1CCN(c2ccc(C(=O)O)cc2F)c2ccccc21. The summed E-state index contributed by atoms with van der Waals surface area (Å²) < 4.78 is 14.3. The normalized spacial score (nSPS) is 14.0. The standard InChI is InChI=1S/C16H15FN2O2/c1-18-8-9-19(15-5-3-2-4-14(15)18)13-7-6-11(16(20)21)10-12(13)17/h2-7,10H,8-9H2,1H3,(H,20,21). The van der Waals surface area contributed by atoms with Crippen molar-refractivity contribution in [3.8, 4) is 0 Å². The van der Waals surface area contributed by atoms with E-state index < -0.39 is 11.8 Å². The largest absolute Gasteiger partial charge is 0.478 e. The average Bonchev–Trinajstić information content (AvgIpc) is 2.48. The Kier molecular flexibility index (Phi) is 3.25. The molecule has 0 atom stereocenters. The molecule has 0 aromatic heterocycles. The minimum Gasteiger partial charge on any atom is -0.478 e. The smallest absolute Gasteiger partial charge is 0.335 e. The van der Waals surface area contributed by atoms with Crippen molar-refractivity contribution in [3.05, 3.63) is 53.8 Å². The quantitative estimate of drug-likeness (QED) is 0.921. The van der Waals surface area contributed by atoms with E-state index in [1.165, 1.54) is 12.1 Å². The van der Waals surface area contributed by atoms with Crippen LogP contribution in [-0.2, 0) is 0 Å². The van der Waals surface area contributed by atoms with Gasteiger partial charge in [-0.15, -0.1) is 0 Å². The van der Waals surface area contributed by atoms with E-state index in [0.717, 1.165) is 24.0 Å². The van der Waals surface area contributed by atoms with Gasteiger partial charge in [0.25, 0.3) is 0 Å². The van der Waals surface area contributed by atoms with Crippen molar-refractivity contribution in [1.29, 1.82) is 0 Å². The summed E-state index contributed by atoms with van der Waals surface area (Å²) in [5, 5.41) is 8.92. The van der Waals surface area contributed by atoms with E-state index in [1.54, 1.807) is 0 Å². The predicted octanol–water partition coefficient (Wildman–Crippen LogP) is 3.11. The lowest BCUT2D eigenvalue weighted by Gasteiger charge is -2.37. The molecule has 1 aliphatic heterocycles. The molecule has 0 saturated carbocycles. The summed E-state index contributed by atoms with van der Waals surface area (Å²) >= 11 is 0. The molecule has 3 rings (SSSR count). The zero-order valence-electron chi connectivity index (χ0n) is 11.6. The van der Waals surface area contributed by atoms with Gasteiger partial charge in [-0.2, -0.15) is 0 Å². The number of benzene rings is 2. The number of hydrogen-bond acceptors (Lipinski definition) is 3. The predicted molar refractivity (Wildman–Crippen MR) is 80.1 cm³/mol. The third kappa shape index (κ3) is 2.31. The molecule has 0 radical (unpaired) electrons. The van der Waals surface area contributed by atoms with Gasteiger partial charge in [-0.05, 0) is 30.3 Å². The second-order valence-corrected chi connectivity index (χ2v) is 5.03. The van der Waals surface area contributed by atoms with Gasteiger partial charge in [0.15, 0.2) is 0 Å². The topological polar surface area (TPSA) is 43.8 Å². The Balaban J connectivity index is 2.06. The van der Waals surface area contributed by atoms with Crippen molar-refractivity contribution in [2.45, 2.75) is 0 Å². The molecule has 0 amide bonds. The highest BCUT2D eigenvalue weighted by Gasteiger charge is 2.23. The molecule has 0 fully saturated rings. The molecule has 1 aliphatic rings. The second-order valence-electron chi connectivity index (χ2n) is 5.03. The maximum atomic E-state index is 14.3. The van der Waals surface area contributed by atoms with Gasteiger partial charge in [-0.25, -0.2) is 9.18 Å². The molecule has 1 N–H and O–H groups in total. The summed E-state index contributed by atoms with van der Waals surface area (Å²) in [6.45, 7) is 1.42. The van der Waals surface area contributed by atoms with Crippen molar-refractivity contribution < 1.29 is 14.3 Å². The van der Waals surface area contributed by atoms with E-state index in [2.05, 4.69) is 4.90 Å². The number of carboxylic acid groups (broad SMARTS) is 1. The highest BCUT2D eigenvalue weighted by atomic mass is 19.1. The number of rotatable bonds is 2. The first-order chi connectivity index (χ1) is 10.1. The van der Waals surface area contributed by atoms with Crippen LogP contribution in [0.15, 0.2) is 42.5 Å². The van der Waals surface area contributed by atoms with Crippen LogP contribution in [0, 0.1) is 5.82 Å². The Bertz CT molecular complexity index is 702. The summed E-state index contributed by atoms with van der Waals surface area (Å²) in [5.74, 6) is -1.64. The van der Waals surface area contributed by atoms with Crippen molar-refractivity contribution >= 4 is 23.0 Å². The fourth-order valence-electron chi connectivity index (χ4n) is 2.62. The van der Waals surface area contributed by atoms with Crippen LogP contribution in [0.5, 0.6) is 0 Å². The highest BCUT2D eigenvalue weighted by molar-refractivity contribution is 5.88. The van der Waals surface area contributed by atoms with Gasteiger partial charge >= 0.3 is 5.97 Å². The Morgan fingerprint density at radius 3 is 2.48 bits per heavy atom. The number of aromatic carboxylic acids is 1. The van der Waals surface area contributed by atoms with Gasteiger partial charge in [0.1, 0.15) is 5.82 Å². The van der Waals surface area contributed by atoms with Crippen molar-refractivity contribution in [3.63, 3.8) is 0 Å².